The van der Waals surface area contributed by atoms with Gasteiger partial charge in [0.05, 0.1) is 6.26 Å². The SMILES string of the molecule is C=COCc1ccccc1.CC.CC. The van der Waals surface area contributed by atoms with Crippen LogP contribution in [0.25, 0.3) is 0 Å². The number of rotatable bonds is 3. The third kappa shape index (κ3) is 8.85. The van der Waals surface area contributed by atoms with Crippen LogP contribution in [-0.4, -0.2) is 0 Å². The highest BCUT2D eigenvalue weighted by atomic mass is 16.5. The lowest BCUT2D eigenvalue weighted by molar-refractivity contribution is 0.237. The average molecular weight is 194 g/mol. The molecule has 1 rings (SSSR count). The zero-order chi connectivity index (χ0) is 11.2. The van der Waals surface area contributed by atoms with Gasteiger partial charge in [-0.05, 0) is 5.56 Å². The molecule has 14 heavy (non-hydrogen) atoms. The van der Waals surface area contributed by atoms with E-state index in [4.69, 9.17) is 4.74 Å². The Morgan fingerprint density at radius 3 is 2.00 bits per heavy atom. The molecule has 0 aliphatic heterocycles. The Morgan fingerprint density at radius 2 is 1.57 bits per heavy atom. The molecule has 0 amide bonds. The molecule has 0 spiro atoms. The Bertz CT molecular complexity index is 192. The Balaban J connectivity index is 0. The van der Waals surface area contributed by atoms with Crippen molar-refractivity contribution >= 4 is 0 Å². The van der Waals surface area contributed by atoms with Gasteiger partial charge in [0, 0.05) is 0 Å². The van der Waals surface area contributed by atoms with Crippen molar-refractivity contribution in [3.63, 3.8) is 0 Å². The summed E-state index contributed by atoms with van der Waals surface area (Å²) in [6.07, 6.45) is 1.45. The van der Waals surface area contributed by atoms with Gasteiger partial charge in [0.25, 0.3) is 0 Å². The summed E-state index contributed by atoms with van der Waals surface area (Å²) >= 11 is 0. The molecule has 0 atom stereocenters. The van der Waals surface area contributed by atoms with Gasteiger partial charge in [-0.15, -0.1) is 0 Å². The maximum absolute atomic E-state index is 4.98. The third-order valence-electron chi connectivity index (χ3n) is 1.21. The molecule has 1 heteroatoms. The van der Waals surface area contributed by atoms with Crippen LogP contribution in [0.1, 0.15) is 33.3 Å². The van der Waals surface area contributed by atoms with Crippen LogP contribution < -0.4 is 0 Å². The lowest BCUT2D eigenvalue weighted by Crippen LogP contribution is -1.83. The molecule has 1 aromatic rings. The number of hydrogen-bond acceptors (Lipinski definition) is 1. The van der Waals surface area contributed by atoms with Gasteiger partial charge < -0.3 is 4.74 Å². The molecular weight excluding hydrogens is 172 g/mol. The lowest BCUT2D eigenvalue weighted by Gasteiger charge is -1.98. The summed E-state index contributed by atoms with van der Waals surface area (Å²) in [7, 11) is 0. The summed E-state index contributed by atoms with van der Waals surface area (Å²) in [4.78, 5) is 0. The van der Waals surface area contributed by atoms with Gasteiger partial charge in [0.1, 0.15) is 6.61 Å². The Kier molecular flexibility index (Phi) is 15.6. The molecule has 0 aliphatic carbocycles. The van der Waals surface area contributed by atoms with Crippen LogP contribution >= 0.6 is 0 Å². The Hall–Kier alpha value is -1.24. The second kappa shape index (κ2) is 14.3. The number of benzene rings is 1. The van der Waals surface area contributed by atoms with Crippen LogP contribution in [0.3, 0.4) is 0 Å². The first kappa shape index (κ1) is 15.2. The van der Waals surface area contributed by atoms with Crippen molar-refractivity contribution in [3.8, 4) is 0 Å². The van der Waals surface area contributed by atoms with E-state index in [-0.39, 0.29) is 0 Å². The minimum absolute atomic E-state index is 0.615. The predicted molar refractivity (Wildman–Crippen MR) is 64.1 cm³/mol. The van der Waals surface area contributed by atoms with E-state index in [2.05, 4.69) is 6.58 Å². The number of hydrogen-bond donors (Lipinski definition) is 0. The molecule has 0 aliphatic rings. The molecule has 0 bridgehead atoms. The van der Waals surface area contributed by atoms with Gasteiger partial charge in [-0.1, -0.05) is 64.6 Å². The summed E-state index contributed by atoms with van der Waals surface area (Å²) in [5.41, 5.74) is 1.17. The molecule has 0 fully saturated rings. The largest absolute Gasteiger partial charge is 0.497 e. The van der Waals surface area contributed by atoms with Gasteiger partial charge in [0.15, 0.2) is 0 Å². The zero-order valence-electron chi connectivity index (χ0n) is 9.79. The van der Waals surface area contributed by atoms with E-state index >= 15 is 0 Å². The van der Waals surface area contributed by atoms with Gasteiger partial charge >= 0.3 is 0 Å². The first-order valence-corrected chi connectivity index (χ1v) is 5.20. The van der Waals surface area contributed by atoms with E-state index in [1.807, 2.05) is 58.0 Å². The second-order valence-corrected chi connectivity index (χ2v) is 1.96. The molecule has 0 N–H and O–H groups in total. The fourth-order valence-corrected chi connectivity index (χ4v) is 0.729. The minimum atomic E-state index is 0.615. The average Bonchev–Trinajstić information content (AvgIpc) is 2.33. The van der Waals surface area contributed by atoms with Crippen LogP contribution in [-0.2, 0) is 11.3 Å². The van der Waals surface area contributed by atoms with Crippen LogP contribution in [0, 0.1) is 0 Å². The van der Waals surface area contributed by atoms with Crippen molar-refractivity contribution in [1.29, 1.82) is 0 Å². The molecule has 0 heterocycles. The number of ether oxygens (including phenoxy) is 1. The van der Waals surface area contributed by atoms with E-state index in [1.165, 1.54) is 11.8 Å². The van der Waals surface area contributed by atoms with Crippen LogP contribution in [0.2, 0.25) is 0 Å². The van der Waals surface area contributed by atoms with Crippen LogP contribution in [0.15, 0.2) is 43.2 Å². The van der Waals surface area contributed by atoms with Crippen molar-refractivity contribution < 1.29 is 4.74 Å². The van der Waals surface area contributed by atoms with Gasteiger partial charge in [-0.2, -0.15) is 0 Å². The Labute approximate surface area is 88.4 Å². The quantitative estimate of drug-likeness (QED) is 0.648. The normalized spacial score (nSPS) is 7.14. The summed E-state index contributed by atoms with van der Waals surface area (Å²) in [5.74, 6) is 0. The zero-order valence-corrected chi connectivity index (χ0v) is 9.79. The smallest absolute Gasteiger partial charge is 0.112 e. The molecule has 0 radical (unpaired) electrons. The fourth-order valence-electron chi connectivity index (χ4n) is 0.729. The standard InChI is InChI=1S/C9H10O.2C2H6/c1-2-10-8-9-6-4-3-5-7-9;2*1-2/h2-7H,1,8H2;2*1-2H3. The van der Waals surface area contributed by atoms with E-state index in [0.717, 1.165) is 0 Å². The van der Waals surface area contributed by atoms with E-state index in [9.17, 15) is 0 Å². The van der Waals surface area contributed by atoms with E-state index in [1.54, 1.807) is 0 Å². The van der Waals surface area contributed by atoms with Gasteiger partial charge in [0.2, 0.25) is 0 Å². The Morgan fingerprint density at radius 1 is 1.07 bits per heavy atom. The third-order valence-corrected chi connectivity index (χ3v) is 1.21. The summed E-state index contributed by atoms with van der Waals surface area (Å²) in [5, 5.41) is 0. The topological polar surface area (TPSA) is 9.23 Å². The summed E-state index contributed by atoms with van der Waals surface area (Å²) in [6, 6.07) is 9.99. The van der Waals surface area contributed by atoms with Crippen molar-refractivity contribution in [2.24, 2.45) is 0 Å². The van der Waals surface area contributed by atoms with Crippen molar-refractivity contribution in [3.05, 3.63) is 48.7 Å². The maximum atomic E-state index is 4.98. The highest BCUT2D eigenvalue weighted by molar-refractivity contribution is 5.13. The molecular formula is C13H22O. The molecule has 0 saturated heterocycles. The highest BCUT2D eigenvalue weighted by Crippen LogP contribution is 1.99. The molecule has 0 saturated carbocycles. The monoisotopic (exact) mass is 194 g/mol. The predicted octanol–water partition coefficient (Wildman–Crippen LogP) is 4.40. The molecule has 1 aromatic carbocycles. The second-order valence-electron chi connectivity index (χ2n) is 1.96. The fraction of sp³-hybridized carbons (Fsp3) is 0.385. The first-order chi connectivity index (χ1) is 6.93. The van der Waals surface area contributed by atoms with Crippen molar-refractivity contribution in [2.45, 2.75) is 34.3 Å². The molecule has 80 valence electrons. The minimum Gasteiger partial charge on any atom is -0.497 e. The van der Waals surface area contributed by atoms with Crippen LogP contribution in [0.4, 0.5) is 0 Å². The first-order valence-electron chi connectivity index (χ1n) is 5.20. The molecule has 0 aromatic heterocycles. The molecule has 0 unspecified atom stereocenters. The highest BCUT2D eigenvalue weighted by Gasteiger charge is 1.85. The van der Waals surface area contributed by atoms with Crippen molar-refractivity contribution in [2.75, 3.05) is 0 Å². The van der Waals surface area contributed by atoms with E-state index < -0.39 is 0 Å². The molecule has 1 nitrogen and oxygen atoms in total. The maximum Gasteiger partial charge on any atom is 0.112 e. The van der Waals surface area contributed by atoms with Crippen LogP contribution in [0.5, 0.6) is 0 Å². The van der Waals surface area contributed by atoms with E-state index in [0.29, 0.717) is 6.61 Å². The lowest BCUT2D eigenvalue weighted by atomic mass is 10.2. The van der Waals surface area contributed by atoms with Gasteiger partial charge in [-0.25, -0.2) is 0 Å². The van der Waals surface area contributed by atoms with Crippen molar-refractivity contribution in [1.82, 2.24) is 0 Å². The summed E-state index contributed by atoms with van der Waals surface area (Å²) in [6.45, 7) is 12.1. The van der Waals surface area contributed by atoms with Gasteiger partial charge in [-0.3, -0.25) is 0 Å². The summed E-state index contributed by atoms with van der Waals surface area (Å²) < 4.78 is 4.98.